The first-order chi connectivity index (χ1) is 15.6. The molecule has 1 amide bonds. The molecule has 1 aliphatic heterocycles. The number of hydrogen-bond donors (Lipinski definition) is 2. The quantitative estimate of drug-likeness (QED) is 0.293. The van der Waals surface area contributed by atoms with Crippen molar-refractivity contribution < 1.29 is 19.4 Å². The second-order valence-electron chi connectivity index (χ2n) is 7.23. The van der Waals surface area contributed by atoms with E-state index in [0.29, 0.717) is 22.4 Å². The third kappa shape index (κ3) is 3.01. The van der Waals surface area contributed by atoms with Gasteiger partial charge in [0, 0.05) is 12.4 Å². The van der Waals surface area contributed by atoms with Gasteiger partial charge in [-0.1, -0.05) is 30.3 Å². The molecule has 4 aromatic rings. The predicted molar refractivity (Wildman–Crippen MR) is 118 cm³/mol. The molecule has 1 atom stereocenters. The lowest BCUT2D eigenvalue weighted by molar-refractivity contribution is -0.132. The monoisotopic (exact) mass is 426 g/mol. The van der Waals surface area contributed by atoms with Crippen molar-refractivity contribution in [3.05, 3.63) is 89.8 Å². The topological polar surface area (TPSA) is 108 Å². The van der Waals surface area contributed by atoms with Crippen molar-refractivity contribution in [2.24, 2.45) is 0 Å². The number of para-hydroxylation sites is 3. The van der Waals surface area contributed by atoms with Gasteiger partial charge >= 0.3 is 5.91 Å². The Bertz CT molecular complexity index is 1340. The number of carbonyl (C=O) groups excluding carboxylic acids is 2. The number of methoxy groups -OCH3 is 1. The lowest BCUT2D eigenvalue weighted by Crippen LogP contribution is -2.30. The van der Waals surface area contributed by atoms with Gasteiger partial charge in [0.25, 0.3) is 5.78 Å². The van der Waals surface area contributed by atoms with E-state index in [4.69, 9.17) is 4.74 Å². The number of nitrogens with zero attached hydrogens (tertiary/aromatic N) is 3. The number of ether oxygens (including phenoxy) is 1. The minimum Gasteiger partial charge on any atom is -0.507 e. The molecule has 0 radical (unpaired) electrons. The van der Waals surface area contributed by atoms with Gasteiger partial charge in [0.15, 0.2) is 0 Å². The number of aromatic nitrogens is 3. The van der Waals surface area contributed by atoms with E-state index in [9.17, 15) is 14.7 Å². The summed E-state index contributed by atoms with van der Waals surface area (Å²) in [6, 6.07) is 16.6. The van der Waals surface area contributed by atoms with Crippen LogP contribution >= 0.6 is 0 Å². The first kappa shape index (κ1) is 19.5. The van der Waals surface area contributed by atoms with Gasteiger partial charge in [0.05, 0.1) is 35.3 Å². The highest BCUT2D eigenvalue weighted by molar-refractivity contribution is 6.51. The van der Waals surface area contributed by atoms with Crippen LogP contribution in [0.1, 0.15) is 17.2 Å². The molecule has 1 aliphatic rings. The standard InChI is InChI=1S/C24H18N4O4/c1-32-18-11-5-2-8-15(18)21(29)19-20(14-7-6-12-25-13-14)28(23(31)22(19)30)24-26-16-9-3-4-10-17(16)27-24/h2-13,20,29H,1H3,(H,26,27)/b21-19+. The smallest absolute Gasteiger partial charge is 0.302 e. The Labute approximate surface area is 182 Å². The van der Waals surface area contributed by atoms with Gasteiger partial charge < -0.3 is 14.8 Å². The molecule has 0 aliphatic carbocycles. The van der Waals surface area contributed by atoms with Crippen molar-refractivity contribution in [1.82, 2.24) is 15.0 Å². The Morgan fingerprint density at radius 1 is 1.06 bits per heavy atom. The maximum atomic E-state index is 13.2. The van der Waals surface area contributed by atoms with Crippen LogP contribution in [-0.4, -0.2) is 38.9 Å². The lowest BCUT2D eigenvalue weighted by Gasteiger charge is -2.22. The molecule has 2 aromatic heterocycles. The van der Waals surface area contributed by atoms with Crippen LogP contribution in [0.5, 0.6) is 5.75 Å². The molecule has 158 valence electrons. The zero-order valence-electron chi connectivity index (χ0n) is 17.0. The second-order valence-corrected chi connectivity index (χ2v) is 7.23. The summed E-state index contributed by atoms with van der Waals surface area (Å²) in [5.74, 6) is -1.35. The minimum atomic E-state index is -0.922. The number of nitrogens with one attached hydrogen (secondary N) is 1. The molecule has 32 heavy (non-hydrogen) atoms. The van der Waals surface area contributed by atoms with Crippen molar-refractivity contribution in [3.63, 3.8) is 0 Å². The maximum Gasteiger partial charge on any atom is 0.302 e. The minimum absolute atomic E-state index is 0.0621. The molecule has 1 unspecified atom stereocenters. The molecule has 1 saturated heterocycles. The number of anilines is 1. The highest BCUT2D eigenvalue weighted by Crippen LogP contribution is 2.42. The van der Waals surface area contributed by atoms with Crippen molar-refractivity contribution in [1.29, 1.82) is 0 Å². The van der Waals surface area contributed by atoms with Crippen molar-refractivity contribution in [3.8, 4) is 5.75 Å². The molecule has 2 aromatic carbocycles. The molecule has 5 rings (SSSR count). The van der Waals surface area contributed by atoms with E-state index >= 15 is 0 Å². The number of hydrogen-bond acceptors (Lipinski definition) is 6. The maximum absolute atomic E-state index is 13.2. The zero-order valence-corrected chi connectivity index (χ0v) is 17.0. The fourth-order valence-electron chi connectivity index (χ4n) is 3.94. The number of aromatic amines is 1. The van der Waals surface area contributed by atoms with Gasteiger partial charge in [-0.05, 0) is 35.9 Å². The van der Waals surface area contributed by atoms with Gasteiger partial charge in [-0.15, -0.1) is 0 Å². The summed E-state index contributed by atoms with van der Waals surface area (Å²) in [4.78, 5) is 39.4. The van der Waals surface area contributed by atoms with Gasteiger partial charge in [0.1, 0.15) is 11.5 Å². The summed E-state index contributed by atoms with van der Waals surface area (Å²) in [6.07, 6.45) is 3.15. The van der Waals surface area contributed by atoms with E-state index in [2.05, 4.69) is 15.0 Å². The van der Waals surface area contributed by atoms with Crippen LogP contribution in [0.4, 0.5) is 5.95 Å². The molecule has 8 nitrogen and oxygen atoms in total. The highest BCUT2D eigenvalue weighted by atomic mass is 16.5. The van der Waals surface area contributed by atoms with Crippen LogP contribution in [0.25, 0.3) is 16.8 Å². The van der Waals surface area contributed by atoms with Crippen LogP contribution in [0.2, 0.25) is 0 Å². The largest absolute Gasteiger partial charge is 0.507 e. The molecule has 0 saturated carbocycles. The second kappa shape index (κ2) is 7.66. The van der Waals surface area contributed by atoms with Gasteiger partial charge in [-0.25, -0.2) is 4.98 Å². The number of aliphatic hydroxyl groups is 1. The lowest BCUT2D eigenvalue weighted by atomic mass is 9.96. The Morgan fingerprint density at radius 3 is 2.59 bits per heavy atom. The number of pyridine rings is 1. The van der Waals surface area contributed by atoms with E-state index in [-0.39, 0.29) is 17.3 Å². The average molecular weight is 426 g/mol. The number of ketones is 1. The molecule has 3 heterocycles. The van der Waals surface area contributed by atoms with E-state index in [1.807, 2.05) is 18.2 Å². The van der Waals surface area contributed by atoms with Crippen molar-refractivity contribution in [2.45, 2.75) is 6.04 Å². The number of benzene rings is 2. The van der Waals surface area contributed by atoms with Crippen LogP contribution in [0, 0.1) is 0 Å². The van der Waals surface area contributed by atoms with Gasteiger partial charge in [0.2, 0.25) is 5.95 Å². The number of amides is 1. The molecular formula is C24H18N4O4. The molecule has 8 heteroatoms. The van der Waals surface area contributed by atoms with Crippen LogP contribution < -0.4 is 9.64 Å². The number of carbonyl (C=O) groups is 2. The van der Waals surface area contributed by atoms with Crippen LogP contribution in [0.3, 0.4) is 0 Å². The summed E-state index contributed by atoms with van der Waals surface area (Å²) in [6.45, 7) is 0. The van der Waals surface area contributed by atoms with Crippen molar-refractivity contribution in [2.75, 3.05) is 12.0 Å². The third-order valence-electron chi connectivity index (χ3n) is 5.41. The van der Waals surface area contributed by atoms with Gasteiger partial charge in [-0.2, -0.15) is 0 Å². The highest BCUT2D eigenvalue weighted by Gasteiger charge is 2.48. The van der Waals surface area contributed by atoms with E-state index in [1.54, 1.807) is 54.9 Å². The average Bonchev–Trinajstić information content (AvgIpc) is 3.37. The molecule has 0 spiro atoms. The third-order valence-corrected chi connectivity index (χ3v) is 5.41. The SMILES string of the molecule is COc1ccccc1/C(O)=C1\C(=O)C(=O)N(c2nc3ccccc3[nH]2)C1c1cccnc1. The first-order valence-electron chi connectivity index (χ1n) is 9.89. The zero-order chi connectivity index (χ0) is 22.2. The van der Waals surface area contributed by atoms with Gasteiger partial charge in [-0.3, -0.25) is 19.5 Å². The van der Waals surface area contributed by atoms with Crippen LogP contribution in [-0.2, 0) is 9.59 Å². The Balaban J connectivity index is 1.75. The number of imidazole rings is 1. The summed E-state index contributed by atoms with van der Waals surface area (Å²) in [5, 5.41) is 11.2. The number of aliphatic hydroxyl groups excluding tert-OH is 1. The fraction of sp³-hybridized carbons (Fsp3) is 0.0833. The first-order valence-corrected chi connectivity index (χ1v) is 9.89. The Hall–Kier alpha value is -4.46. The van der Waals surface area contributed by atoms with E-state index in [1.165, 1.54) is 12.0 Å². The predicted octanol–water partition coefficient (Wildman–Crippen LogP) is 3.59. The fourth-order valence-corrected chi connectivity index (χ4v) is 3.94. The summed E-state index contributed by atoms with van der Waals surface area (Å²) in [5.41, 5.74) is 2.18. The molecule has 2 N–H and O–H groups in total. The number of Topliss-reactive ketones (excluding diaryl/α,β-unsaturated/α-hetero) is 1. The Morgan fingerprint density at radius 2 is 1.84 bits per heavy atom. The molecule has 0 bridgehead atoms. The summed E-state index contributed by atoms with van der Waals surface area (Å²) < 4.78 is 5.35. The summed E-state index contributed by atoms with van der Waals surface area (Å²) in [7, 11) is 1.47. The van der Waals surface area contributed by atoms with Crippen molar-refractivity contribution >= 4 is 34.4 Å². The van der Waals surface area contributed by atoms with Crippen LogP contribution in [0.15, 0.2) is 78.6 Å². The Kier molecular flexibility index (Phi) is 4.67. The number of H-pyrrole nitrogens is 1. The van der Waals surface area contributed by atoms with E-state index < -0.39 is 17.7 Å². The number of fused-ring (bicyclic) bond motifs is 1. The van der Waals surface area contributed by atoms with E-state index in [0.717, 1.165) is 5.52 Å². The molecule has 1 fully saturated rings. The summed E-state index contributed by atoms with van der Waals surface area (Å²) >= 11 is 0. The number of rotatable bonds is 4. The molecular weight excluding hydrogens is 408 g/mol. The normalized spacial score (nSPS) is 17.8.